The lowest BCUT2D eigenvalue weighted by Crippen LogP contribution is -2.17. The van der Waals surface area contributed by atoms with Crippen molar-refractivity contribution in [1.29, 1.82) is 0 Å². The Balaban J connectivity index is 1.15. The second-order valence-electron chi connectivity index (χ2n) is 17.7. The third kappa shape index (κ3) is 5.34. The number of hydrogen-bond acceptors (Lipinski definition) is 1. The van der Waals surface area contributed by atoms with E-state index >= 15 is 0 Å². The maximum absolute atomic E-state index is 2.51. The molecule has 3 heteroatoms. The van der Waals surface area contributed by atoms with Gasteiger partial charge in [0.1, 0.15) is 0 Å². The van der Waals surface area contributed by atoms with Crippen LogP contribution in [0.25, 0.3) is 88.0 Å². The molecule has 0 saturated carbocycles. The van der Waals surface area contributed by atoms with Gasteiger partial charge in [0.25, 0.3) is 0 Å². The van der Waals surface area contributed by atoms with Gasteiger partial charge in [-0.3, -0.25) is 0 Å². The first kappa shape index (κ1) is 36.5. The van der Waals surface area contributed by atoms with Crippen molar-refractivity contribution in [2.45, 2.75) is 19.3 Å². The summed E-state index contributed by atoms with van der Waals surface area (Å²) in [6, 6.07) is 82.9. The average Bonchev–Trinajstić information content (AvgIpc) is 3.95. The Morgan fingerprint density at radius 1 is 0.359 bits per heavy atom. The van der Waals surface area contributed by atoms with E-state index in [1.165, 1.54) is 82.2 Å². The van der Waals surface area contributed by atoms with Gasteiger partial charge in [-0.1, -0.05) is 172 Å². The van der Waals surface area contributed by atoms with Crippen LogP contribution in [0.15, 0.2) is 224 Å². The Labute approximate surface area is 372 Å². The lowest BCUT2D eigenvalue weighted by atomic mass is 9.82. The predicted octanol–water partition coefficient (Wildman–Crippen LogP) is 16.5. The maximum atomic E-state index is 2.51. The summed E-state index contributed by atoms with van der Waals surface area (Å²) < 4.78 is 4.92. The van der Waals surface area contributed by atoms with Crippen molar-refractivity contribution in [3.63, 3.8) is 0 Å². The van der Waals surface area contributed by atoms with Crippen LogP contribution in [-0.2, 0) is 5.41 Å². The van der Waals surface area contributed by atoms with Gasteiger partial charge in [-0.25, -0.2) is 0 Å². The highest BCUT2D eigenvalue weighted by Gasteiger charge is 2.36. The summed E-state index contributed by atoms with van der Waals surface area (Å²) in [7, 11) is 0. The first-order chi connectivity index (χ1) is 31.5. The minimum absolute atomic E-state index is 0.164. The van der Waals surface area contributed by atoms with Crippen LogP contribution < -0.4 is 4.90 Å². The molecule has 0 bridgehead atoms. The molecule has 0 atom stereocenters. The Hall–Kier alpha value is -8.14. The highest BCUT2D eigenvalue weighted by atomic mass is 15.1. The molecule has 0 saturated heterocycles. The molecular formula is C61H43N3. The second kappa shape index (κ2) is 13.9. The monoisotopic (exact) mass is 817 g/mol. The van der Waals surface area contributed by atoms with Gasteiger partial charge in [-0.05, 0) is 99.9 Å². The molecule has 1 aliphatic rings. The van der Waals surface area contributed by atoms with E-state index in [4.69, 9.17) is 0 Å². The van der Waals surface area contributed by atoms with Gasteiger partial charge in [0.15, 0.2) is 0 Å². The molecule has 0 radical (unpaired) electrons. The van der Waals surface area contributed by atoms with Crippen LogP contribution >= 0.6 is 0 Å². The van der Waals surface area contributed by atoms with Crippen molar-refractivity contribution in [2.24, 2.45) is 0 Å². The number of para-hydroxylation sites is 5. The first-order valence-electron chi connectivity index (χ1n) is 22.3. The number of aromatic nitrogens is 2. The fourth-order valence-corrected chi connectivity index (χ4v) is 11.0. The average molecular weight is 818 g/mol. The van der Waals surface area contributed by atoms with Gasteiger partial charge in [-0.15, -0.1) is 0 Å². The number of nitrogens with zero attached hydrogens (tertiary/aromatic N) is 3. The van der Waals surface area contributed by atoms with Gasteiger partial charge in [0.05, 0.1) is 27.8 Å². The van der Waals surface area contributed by atoms with E-state index in [9.17, 15) is 0 Å². The van der Waals surface area contributed by atoms with E-state index in [0.717, 1.165) is 34.0 Å². The van der Waals surface area contributed by atoms with E-state index in [0.29, 0.717) is 0 Å². The molecular weight excluding hydrogens is 775 g/mol. The molecule has 2 heterocycles. The Kier molecular flexibility index (Phi) is 7.95. The molecule has 0 fully saturated rings. The first-order valence-corrected chi connectivity index (χ1v) is 22.3. The minimum atomic E-state index is -0.164. The van der Waals surface area contributed by atoms with Crippen LogP contribution in [0, 0.1) is 0 Å². The van der Waals surface area contributed by atoms with Crippen molar-refractivity contribution in [2.75, 3.05) is 4.90 Å². The summed E-state index contributed by atoms with van der Waals surface area (Å²) in [4.78, 5) is 2.51. The quantitative estimate of drug-likeness (QED) is 0.163. The maximum Gasteiger partial charge on any atom is 0.0619 e. The van der Waals surface area contributed by atoms with Crippen LogP contribution in [0.5, 0.6) is 0 Å². The van der Waals surface area contributed by atoms with Gasteiger partial charge in [0, 0.05) is 60.7 Å². The smallest absolute Gasteiger partial charge is 0.0619 e. The predicted molar refractivity (Wildman–Crippen MR) is 270 cm³/mol. The summed E-state index contributed by atoms with van der Waals surface area (Å²) in [5, 5.41) is 7.34. The molecule has 10 aromatic carbocycles. The summed E-state index contributed by atoms with van der Waals surface area (Å²) in [6.45, 7) is 4.74. The van der Waals surface area contributed by atoms with Crippen LogP contribution in [0.2, 0.25) is 0 Å². The van der Waals surface area contributed by atoms with Gasteiger partial charge < -0.3 is 14.0 Å². The van der Waals surface area contributed by atoms with Crippen molar-refractivity contribution in [1.82, 2.24) is 9.13 Å². The number of rotatable bonds is 6. The number of anilines is 3. The van der Waals surface area contributed by atoms with E-state index in [2.05, 4.69) is 252 Å². The lowest BCUT2D eigenvalue weighted by Gasteiger charge is -2.30. The zero-order valence-corrected chi connectivity index (χ0v) is 35.7. The van der Waals surface area contributed by atoms with E-state index in [1.807, 2.05) is 0 Å². The largest absolute Gasteiger partial charge is 0.310 e. The third-order valence-corrected chi connectivity index (χ3v) is 13.9. The highest BCUT2D eigenvalue weighted by molar-refractivity contribution is 6.14. The van der Waals surface area contributed by atoms with E-state index in [-0.39, 0.29) is 5.41 Å². The normalized spacial score (nSPS) is 13.0. The van der Waals surface area contributed by atoms with Crippen molar-refractivity contribution in [3.05, 3.63) is 236 Å². The number of hydrogen-bond donors (Lipinski definition) is 0. The molecule has 0 spiro atoms. The zero-order valence-electron chi connectivity index (χ0n) is 35.7. The number of benzene rings is 10. The van der Waals surface area contributed by atoms with Crippen LogP contribution in [0.3, 0.4) is 0 Å². The topological polar surface area (TPSA) is 13.1 Å². The third-order valence-electron chi connectivity index (χ3n) is 13.9. The molecule has 0 unspecified atom stereocenters. The van der Waals surface area contributed by atoms with E-state index in [1.54, 1.807) is 0 Å². The summed E-state index contributed by atoms with van der Waals surface area (Å²) in [5.74, 6) is 0. The molecule has 3 nitrogen and oxygen atoms in total. The Morgan fingerprint density at radius 3 is 1.69 bits per heavy atom. The number of fused-ring (bicyclic) bond motifs is 10. The molecule has 0 aliphatic heterocycles. The molecule has 2 aromatic heterocycles. The molecule has 64 heavy (non-hydrogen) atoms. The van der Waals surface area contributed by atoms with Crippen molar-refractivity contribution >= 4 is 71.4 Å². The summed E-state index contributed by atoms with van der Waals surface area (Å²) in [5.41, 5.74) is 17.8. The summed E-state index contributed by atoms with van der Waals surface area (Å²) >= 11 is 0. The SMILES string of the molecule is CC1(C)c2ccccc2-c2ccc(N(c3cc(-c4cccc5c6ccccc6n(-c6ccccc6)c45)cc(-n4c5ccccc5c5ccccc54)c3)c3cccc4ccccc34)cc21. The van der Waals surface area contributed by atoms with Gasteiger partial charge in [0.2, 0.25) is 0 Å². The molecule has 0 amide bonds. The fraction of sp³-hybridized carbons (Fsp3) is 0.0492. The molecule has 13 rings (SSSR count). The van der Waals surface area contributed by atoms with Crippen molar-refractivity contribution < 1.29 is 0 Å². The van der Waals surface area contributed by atoms with Crippen LogP contribution in [-0.4, -0.2) is 9.13 Å². The second-order valence-corrected chi connectivity index (χ2v) is 17.7. The van der Waals surface area contributed by atoms with Crippen LogP contribution in [0.4, 0.5) is 17.1 Å². The molecule has 0 N–H and O–H groups in total. The fourth-order valence-electron chi connectivity index (χ4n) is 11.0. The van der Waals surface area contributed by atoms with Crippen LogP contribution in [0.1, 0.15) is 25.0 Å². The van der Waals surface area contributed by atoms with E-state index < -0.39 is 0 Å². The standard InChI is InChI=1S/C61H43N3/c1-61(2)54-29-12-8-23-48(54)49-35-34-43(39-55(49)61)62(56-33-16-19-40-18-6-7-22-46(40)56)44-36-41(37-45(38-44)63-57-30-13-9-24-50(57)51-25-10-14-31-58(51)63)47-27-17-28-53-52-26-11-15-32-59(52)64(60(47)53)42-20-4-3-5-21-42/h3-39H,1-2H3. The molecule has 12 aromatic rings. The molecule has 302 valence electrons. The van der Waals surface area contributed by atoms with Crippen molar-refractivity contribution in [3.8, 4) is 33.6 Å². The lowest BCUT2D eigenvalue weighted by molar-refractivity contribution is 0.660. The highest BCUT2D eigenvalue weighted by Crippen LogP contribution is 2.52. The van der Waals surface area contributed by atoms with Gasteiger partial charge >= 0.3 is 0 Å². The Bertz CT molecular complexity index is 3770. The minimum Gasteiger partial charge on any atom is -0.310 e. The van der Waals surface area contributed by atoms with Gasteiger partial charge in [-0.2, -0.15) is 0 Å². The molecule has 1 aliphatic carbocycles. The zero-order chi connectivity index (χ0) is 42.5. The summed E-state index contributed by atoms with van der Waals surface area (Å²) in [6.07, 6.45) is 0. The Morgan fingerprint density at radius 2 is 0.922 bits per heavy atom.